The first-order valence-electron chi connectivity index (χ1n) is 5.98. The van der Waals surface area contributed by atoms with E-state index in [1.807, 2.05) is 6.92 Å². The maximum Gasteiger partial charge on any atom is 0.335 e. The second-order valence-electron chi connectivity index (χ2n) is 4.66. The number of rotatable bonds is 3. The van der Waals surface area contributed by atoms with Crippen molar-refractivity contribution in [2.75, 3.05) is 12.3 Å². The van der Waals surface area contributed by atoms with Crippen LogP contribution in [0.3, 0.4) is 0 Å². The summed E-state index contributed by atoms with van der Waals surface area (Å²) in [6, 6.07) is 3.64. The van der Waals surface area contributed by atoms with Gasteiger partial charge in [0.25, 0.3) is 0 Å². The van der Waals surface area contributed by atoms with Crippen molar-refractivity contribution < 1.29 is 18.3 Å². The van der Waals surface area contributed by atoms with Crippen molar-refractivity contribution in [1.82, 2.24) is 4.31 Å². The molecule has 1 heterocycles. The number of aromatic carboxylic acids is 1. The fourth-order valence-corrected chi connectivity index (χ4v) is 4.10. The van der Waals surface area contributed by atoms with Gasteiger partial charge in [-0.3, -0.25) is 0 Å². The number of sulfonamides is 1. The lowest BCUT2D eigenvalue weighted by molar-refractivity contribution is 0.0697. The maximum absolute atomic E-state index is 12.4. The van der Waals surface area contributed by atoms with Gasteiger partial charge >= 0.3 is 5.97 Å². The van der Waals surface area contributed by atoms with Crippen LogP contribution in [0.1, 0.15) is 30.1 Å². The van der Waals surface area contributed by atoms with E-state index in [1.54, 1.807) is 0 Å². The van der Waals surface area contributed by atoms with Gasteiger partial charge in [-0.1, -0.05) is 0 Å². The van der Waals surface area contributed by atoms with Gasteiger partial charge < -0.3 is 10.8 Å². The minimum absolute atomic E-state index is 0.0220. The number of anilines is 1. The molecule has 1 atom stereocenters. The Morgan fingerprint density at radius 2 is 2.16 bits per heavy atom. The van der Waals surface area contributed by atoms with Crippen LogP contribution in [0.15, 0.2) is 23.1 Å². The van der Waals surface area contributed by atoms with Crippen LogP contribution in [0, 0.1) is 0 Å². The fourth-order valence-electron chi connectivity index (χ4n) is 2.31. The molecule has 1 aliphatic rings. The van der Waals surface area contributed by atoms with Gasteiger partial charge in [0.1, 0.15) is 4.90 Å². The summed E-state index contributed by atoms with van der Waals surface area (Å²) in [5.74, 6) is -1.13. The molecule has 104 valence electrons. The van der Waals surface area contributed by atoms with E-state index in [4.69, 9.17) is 10.8 Å². The van der Waals surface area contributed by atoms with Crippen LogP contribution < -0.4 is 5.73 Å². The summed E-state index contributed by atoms with van der Waals surface area (Å²) in [5, 5.41) is 8.84. The van der Waals surface area contributed by atoms with Crippen LogP contribution in [0.4, 0.5) is 5.69 Å². The predicted octanol–water partition coefficient (Wildman–Crippen LogP) is 1.14. The summed E-state index contributed by atoms with van der Waals surface area (Å²) >= 11 is 0. The minimum Gasteiger partial charge on any atom is -0.478 e. The summed E-state index contributed by atoms with van der Waals surface area (Å²) in [4.78, 5) is 10.8. The molecular weight excluding hydrogens is 268 g/mol. The van der Waals surface area contributed by atoms with Gasteiger partial charge in [-0.25, -0.2) is 13.2 Å². The molecule has 0 saturated carbocycles. The summed E-state index contributed by atoms with van der Waals surface area (Å²) in [5.41, 5.74) is 5.64. The smallest absolute Gasteiger partial charge is 0.335 e. The standard InChI is InChI=1S/C12H16N2O4S/c1-8-3-2-6-14(8)19(17,18)11-5-4-9(12(15)16)7-10(11)13/h4-5,7-8H,2-3,6,13H2,1H3,(H,15,16). The van der Waals surface area contributed by atoms with Crippen LogP contribution in [-0.2, 0) is 10.0 Å². The number of hydrogen-bond acceptors (Lipinski definition) is 4. The van der Waals surface area contributed by atoms with E-state index in [1.165, 1.54) is 22.5 Å². The van der Waals surface area contributed by atoms with Gasteiger partial charge in [0.2, 0.25) is 10.0 Å². The fraction of sp³-hybridized carbons (Fsp3) is 0.417. The Hall–Kier alpha value is -1.60. The third kappa shape index (κ3) is 2.43. The Morgan fingerprint density at radius 3 is 2.63 bits per heavy atom. The van der Waals surface area contributed by atoms with Crippen molar-refractivity contribution in [3.63, 3.8) is 0 Å². The molecule has 1 aromatic carbocycles. The molecule has 6 nitrogen and oxygen atoms in total. The number of nitrogens with two attached hydrogens (primary N) is 1. The Balaban J connectivity index is 2.44. The first-order valence-corrected chi connectivity index (χ1v) is 7.42. The highest BCUT2D eigenvalue weighted by Gasteiger charge is 2.33. The van der Waals surface area contributed by atoms with Gasteiger partial charge in [-0.05, 0) is 38.0 Å². The van der Waals surface area contributed by atoms with E-state index in [0.717, 1.165) is 12.8 Å². The van der Waals surface area contributed by atoms with E-state index in [2.05, 4.69) is 0 Å². The first-order chi connectivity index (χ1) is 8.84. The number of benzene rings is 1. The summed E-state index contributed by atoms with van der Waals surface area (Å²) in [6.45, 7) is 2.33. The molecule has 0 aliphatic carbocycles. The van der Waals surface area contributed by atoms with Gasteiger partial charge in [0.15, 0.2) is 0 Å². The number of carboxylic acid groups (broad SMARTS) is 1. The zero-order valence-electron chi connectivity index (χ0n) is 10.5. The molecule has 1 aliphatic heterocycles. The van der Waals surface area contributed by atoms with E-state index < -0.39 is 16.0 Å². The molecule has 0 bridgehead atoms. The number of hydrogen-bond donors (Lipinski definition) is 2. The lowest BCUT2D eigenvalue weighted by Crippen LogP contribution is -2.34. The van der Waals surface area contributed by atoms with Crippen molar-refractivity contribution in [2.45, 2.75) is 30.7 Å². The summed E-state index contributed by atoms with van der Waals surface area (Å²) in [6.07, 6.45) is 1.65. The number of carbonyl (C=O) groups is 1. The monoisotopic (exact) mass is 284 g/mol. The number of nitrogens with zero attached hydrogens (tertiary/aromatic N) is 1. The quantitative estimate of drug-likeness (QED) is 0.811. The van der Waals surface area contributed by atoms with Gasteiger partial charge in [0.05, 0.1) is 11.3 Å². The Morgan fingerprint density at radius 1 is 1.47 bits per heavy atom. The minimum atomic E-state index is -3.65. The third-order valence-corrected chi connectivity index (χ3v) is 5.42. The molecule has 19 heavy (non-hydrogen) atoms. The van der Waals surface area contributed by atoms with Gasteiger partial charge in [0, 0.05) is 12.6 Å². The highest BCUT2D eigenvalue weighted by Crippen LogP contribution is 2.29. The topological polar surface area (TPSA) is 101 Å². The molecule has 1 unspecified atom stereocenters. The molecule has 1 saturated heterocycles. The molecule has 3 N–H and O–H groups in total. The molecule has 0 spiro atoms. The first kappa shape index (κ1) is 13.8. The van der Waals surface area contributed by atoms with Crippen molar-refractivity contribution in [2.24, 2.45) is 0 Å². The van der Waals surface area contributed by atoms with E-state index in [9.17, 15) is 13.2 Å². The van der Waals surface area contributed by atoms with E-state index in [0.29, 0.717) is 6.54 Å². The van der Waals surface area contributed by atoms with E-state index >= 15 is 0 Å². The van der Waals surface area contributed by atoms with Crippen molar-refractivity contribution in [3.8, 4) is 0 Å². The molecule has 1 fully saturated rings. The Bertz CT molecular complexity index is 612. The molecule has 0 amide bonds. The van der Waals surface area contributed by atoms with Crippen LogP contribution >= 0.6 is 0 Å². The molecule has 2 rings (SSSR count). The van der Waals surface area contributed by atoms with Crippen molar-refractivity contribution >= 4 is 21.7 Å². The Kier molecular flexibility index (Phi) is 3.51. The van der Waals surface area contributed by atoms with Gasteiger partial charge in [-0.2, -0.15) is 4.31 Å². The lowest BCUT2D eigenvalue weighted by atomic mass is 10.2. The van der Waals surface area contributed by atoms with E-state index in [-0.39, 0.29) is 22.2 Å². The molecular formula is C12H16N2O4S. The highest BCUT2D eigenvalue weighted by molar-refractivity contribution is 7.89. The van der Waals surface area contributed by atoms with Crippen molar-refractivity contribution in [3.05, 3.63) is 23.8 Å². The number of nitrogen functional groups attached to an aromatic ring is 1. The van der Waals surface area contributed by atoms with Crippen molar-refractivity contribution in [1.29, 1.82) is 0 Å². The SMILES string of the molecule is CC1CCCN1S(=O)(=O)c1ccc(C(=O)O)cc1N. The second kappa shape index (κ2) is 4.82. The largest absolute Gasteiger partial charge is 0.478 e. The average Bonchev–Trinajstić information content (AvgIpc) is 2.75. The molecule has 1 aromatic rings. The summed E-state index contributed by atoms with van der Waals surface area (Å²) in [7, 11) is -3.65. The lowest BCUT2D eigenvalue weighted by Gasteiger charge is -2.21. The zero-order chi connectivity index (χ0) is 14.2. The molecule has 7 heteroatoms. The van der Waals surface area contributed by atoms with Crippen LogP contribution in [0.25, 0.3) is 0 Å². The van der Waals surface area contributed by atoms with Crippen LogP contribution in [0.2, 0.25) is 0 Å². The van der Waals surface area contributed by atoms with Crippen LogP contribution in [-0.4, -0.2) is 36.4 Å². The average molecular weight is 284 g/mol. The second-order valence-corrected chi connectivity index (χ2v) is 6.52. The zero-order valence-corrected chi connectivity index (χ0v) is 11.4. The van der Waals surface area contributed by atoms with Crippen LogP contribution in [0.5, 0.6) is 0 Å². The summed E-state index contributed by atoms with van der Waals surface area (Å²) < 4.78 is 26.3. The molecule has 0 radical (unpaired) electrons. The Labute approximate surface area is 111 Å². The number of carboxylic acids is 1. The maximum atomic E-state index is 12.4. The third-order valence-electron chi connectivity index (χ3n) is 3.34. The normalized spacial score (nSPS) is 20.6. The highest BCUT2D eigenvalue weighted by atomic mass is 32.2. The predicted molar refractivity (Wildman–Crippen MR) is 70.4 cm³/mol. The molecule has 0 aromatic heterocycles. The van der Waals surface area contributed by atoms with Gasteiger partial charge in [-0.15, -0.1) is 0 Å².